The van der Waals surface area contributed by atoms with Gasteiger partial charge in [0.1, 0.15) is 47.8 Å². The maximum absolute atomic E-state index is 14.6. The van der Waals surface area contributed by atoms with E-state index in [1.165, 1.54) is 69.8 Å². The first-order valence-corrected chi connectivity index (χ1v) is 18.0. The Morgan fingerprint density at radius 3 is 1.84 bits per heavy atom. The summed E-state index contributed by atoms with van der Waals surface area (Å²) in [4.78, 5) is 87.8. The van der Waals surface area contributed by atoms with Crippen LogP contribution in [0.1, 0.15) is 37.5 Å². The van der Waals surface area contributed by atoms with Crippen LogP contribution in [0.25, 0.3) is 0 Å². The van der Waals surface area contributed by atoms with Gasteiger partial charge in [0.2, 0.25) is 35.4 Å². The Hall–Kier alpha value is -6.12. The van der Waals surface area contributed by atoms with Crippen molar-refractivity contribution in [3.8, 4) is 23.0 Å². The summed E-state index contributed by atoms with van der Waals surface area (Å²) < 4.78 is 11.2. The minimum Gasteiger partial charge on any atom is -0.504 e. The third kappa shape index (κ3) is 9.16. The molecule has 3 aliphatic rings. The summed E-state index contributed by atoms with van der Waals surface area (Å²) in [6.45, 7) is 4.41. The first-order chi connectivity index (χ1) is 26.1. The van der Waals surface area contributed by atoms with Crippen molar-refractivity contribution >= 4 is 35.4 Å². The fraction of sp³-hybridized carbons (Fsp3) is 0.400. The lowest BCUT2D eigenvalue weighted by Crippen LogP contribution is -2.61. The third-order valence-corrected chi connectivity index (χ3v) is 10.2. The van der Waals surface area contributed by atoms with Crippen LogP contribution in [0.15, 0.2) is 66.7 Å². The summed E-state index contributed by atoms with van der Waals surface area (Å²) >= 11 is 0. The molecule has 3 heterocycles. The lowest BCUT2D eigenvalue weighted by molar-refractivity contribution is -0.149. The number of hydrogen-bond donors (Lipinski definition) is 4. The number of phenolic OH excluding ortho intramolecular Hbond substituents is 1. The Bertz CT molecular complexity index is 1940. The number of nitrogens with one attached hydrogen (secondary N) is 3. The summed E-state index contributed by atoms with van der Waals surface area (Å²) in [5.41, 5.74) is 1.90. The van der Waals surface area contributed by atoms with E-state index in [1.54, 1.807) is 60.7 Å². The van der Waals surface area contributed by atoms with Crippen molar-refractivity contribution in [3.63, 3.8) is 0 Å². The second-order valence-electron chi connectivity index (χ2n) is 14.1. The number of likely N-dealkylation sites (N-methyl/N-ethyl adjacent to an activating group) is 3. The van der Waals surface area contributed by atoms with E-state index in [1.807, 2.05) is 0 Å². The third-order valence-electron chi connectivity index (χ3n) is 10.2. The highest BCUT2D eigenvalue weighted by Gasteiger charge is 2.39. The summed E-state index contributed by atoms with van der Waals surface area (Å²) in [6.07, 6.45) is 0.0471. The topological polar surface area (TPSA) is 187 Å². The van der Waals surface area contributed by atoms with Gasteiger partial charge in [0.05, 0.1) is 7.11 Å². The molecule has 6 amide bonds. The summed E-state index contributed by atoms with van der Waals surface area (Å²) in [5.74, 6) is -2.69. The molecule has 15 heteroatoms. The van der Waals surface area contributed by atoms with Crippen LogP contribution in [0.2, 0.25) is 0 Å². The summed E-state index contributed by atoms with van der Waals surface area (Å²) in [7, 11) is 5.87. The quantitative estimate of drug-likeness (QED) is 0.308. The fourth-order valence-corrected chi connectivity index (χ4v) is 6.67. The van der Waals surface area contributed by atoms with Gasteiger partial charge in [-0.1, -0.05) is 30.3 Å². The number of methoxy groups -OCH3 is 1. The largest absolute Gasteiger partial charge is 0.504 e. The van der Waals surface area contributed by atoms with Gasteiger partial charge in [-0.3, -0.25) is 28.8 Å². The molecular formula is C40H48N6O9. The number of amides is 6. The molecule has 3 aromatic rings. The number of carbonyl (C=O) groups is 6. The molecule has 55 heavy (non-hydrogen) atoms. The van der Waals surface area contributed by atoms with E-state index in [0.717, 1.165) is 0 Å². The molecule has 6 rings (SSSR count). The number of benzene rings is 3. The van der Waals surface area contributed by atoms with E-state index in [9.17, 15) is 33.9 Å². The molecule has 6 atom stereocenters. The second kappa shape index (κ2) is 16.9. The van der Waals surface area contributed by atoms with Crippen LogP contribution in [0.5, 0.6) is 23.0 Å². The van der Waals surface area contributed by atoms with Crippen molar-refractivity contribution in [2.45, 2.75) is 76.3 Å². The minimum absolute atomic E-state index is 0.0330. The molecular weight excluding hydrogens is 708 g/mol. The van der Waals surface area contributed by atoms with Crippen molar-refractivity contribution in [3.05, 3.63) is 83.4 Å². The number of aromatic hydroxyl groups is 1. The van der Waals surface area contributed by atoms with Crippen molar-refractivity contribution in [2.24, 2.45) is 0 Å². The minimum atomic E-state index is -1.20. The lowest BCUT2D eigenvalue weighted by atomic mass is 9.98. The predicted molar refractivity (Wildman–Crippen MR) is 201 cm³/mol. The zero-order valence-electron chi connectivity index (χ0n) is 32.0. The van der Waals surface area contributed by atoms with Gasteiger partial charge in [0.25, 0.3) is 0 Å². The van der Waals surface area contributed by atoms with Gasteiger partial charge < -0.3 is 45.2 Å². The highest BCUT2D eigenvalue weighted by atomic mass is 16.5. The van der Waals surface area contributed by atoms with Crippen LogP contribution in [0, 0.1) is 0 Å². The number of fused-ring (bicyclic) bond motifs is 2. The van der Waals surface area contributed by atoms with Crippen LogP contribution in [-0.2, 0) is 48.0 Å². The molecule has 292 valence electrons. The zero-order valence-corrected chi connectivity index (χ0v) is 32.0. The van der Waals surface area contributed by atoms with Crippen molar-refractivity contribution in [1.29, 1.82) is 0 Å². The molecule has 3 aromatic carbocycles. The number of phenols is 1. The van der Waals surface area contributed by atoms with Crippen LogP contribution in [0.4, 0.5) is 0 Å². The Kier molecular flexibility index (Phi) is 12.3. The van der Waals surface area contributed by atoms with Gasteiger partial charge in [-0.25, -0.2) is 0 Å². The maximum atomic E-state index is 14.6. The SMILES string of the molecule is COc1ccc(C[C@H]2C(=O)N[C@H](C)C(=O)N(C)[C@@H]3Cc4ccc(cc4)Oc4cc(ccc4O)C[C@H](C(=O)N[C@@H](C)C(=O)N[C@@H](C)C(=O)N2C)N(C)C3=O)cc1. The molecule has 0 spiro atoms. The van der Waals surface area contributed by atoms with E-state index in [0.29, 0.717) is 28.2 Å². The standard InChI is InChI=1S/C40H48N6O9/c1-22-35(48)42-23(2)38(51)44(4)30(18-25-8-13-28(54-7)14-9-25)37(50)43-24(3)39(52)46(6)32-19-26-10-15-29(16-11-26)55-34-21-27(12-17-33(34)47)20-31(36(49)41-22)45(5)40(32)53/h8-17,21-24,30-32,47H,18-20H2,1-7H3,(H,41,49)(H,42,48)(H,43,50)/t22-,23-,24+,30-,31+,32+/m0/s1. The lowest BCUT2D eigenvalue weighted by Gasteiger charge is -2.36. The van der Waals surface area contributed by atoms with Gasteiger partial charge in [-0.2, -0.15) is 0 Å². The molecule has 6 bridgehead atoms. The Balaban J connectivity index is 1.57. The van der Waals surface area contributed by atoms with Crippen molar-refractivity contribution in [1.82, 2.24) is 30.7 Å². The molecule has 0 saturated carbocycles. The van der Waals surface area contributed by atoms with Gasteiger partial charge in [-0.05, 0) is 73.9 Å². The number of ether oxygens (including phenoxy) is 2. The first kappa shape index (κ1) is 40.1. The highest BCUT2D eigenvalue weighted by Crippen LogP contribution is 2.33. The van der Waals surface area contributed by atoms with Gasteiger partial charge in [0.15, 0.2) is 11.5 Å². The van der Waals surface area contributed by atoms with Crippen LogP contribution in [-0.4, -0.2) is 120 Å². The molecule has 0 aliphatic carbocycles. The van der Waals surface area contributed by atoms with Crippen LogP contribution >= 0.6 is 0 Å². The summed E-state index contributed by atoms with van der Waals surface area (Å²) in [5, 5.41) is 18.6. The van der Waals surface area contributed by atoms with Gasteiger partial charge in [-0.15, -0.1) is 0 Å². The number of carbonyl (C=O) groups excluding carboxylic acids is 6. The molecule has 4 N–H and O–H groups in total. The van der Waals surface area contributed by atoms with Crippen molar-refractivity contribution < 1.29 is 43.3 Å². The first-order valence-electron chi connectivity index (χ1n) is 18.0. The maximum Gasteiger partial charge on any atom is 0.246 e. The Labute approximate surface area is 319 Å². The molecule has 0 aromatic heterocycles. The Morgan fingerprint density at radius 2 is 1.20 bits per heavy atom. The normalized spacial score (nSPS) is 24.6. The number of hydrogen-bond acceptors (Lipinski definition) is 9. The average Bonchev–Trinajstić information content (AvgIpc) is 3.17. The predicted octanol–water partition coefficient (Wildman–Crippen LogP) is 1.54. The monoisotopic (exact) mass is 756 g/mol. The molecule has 1 saturated heterocycles. The average molecular weight is 757 g/mol. The van der Waals surface area contributed by atoms with Crippen molar-refractivity contribution in [2.75, 3.05) is 28.3 Å². The smallest absolute Gasteiger partial charge is 0.246 e. The fourth-order valence-electron chi connectivity index (χ4n) is 6.67. The van der Waals surface area contributed by atoms with Gasteiger partial charge in [0, 0.05) is 40.4 Å². The highest BCUT2D eigenvalue weighted by molar-refractivity contribution is 5.98. The van der Waals surface area contributed by atoms with Crippen LogP contribution < -0.4 is 25.4 Å². The van der Waals surface area contributed by atoms with E-state index in [4.69, 9.17) is 9.47 Å². The number of rotatable bonds is 3. The van der Waals surface area contributed by atoms with E-state index < -0.39 is 71.7 Å². The molecule has 15 nitrogen and oxygen atoms in total. The van der Waals surface area contributed by atoms with Crippen LogP contribution in [0.3, 0.4) is 0 Å². The summed E-state index contributed by atoms with van der Waals surface area (Å²) in [6, 6.07) is 11.5. The molecule has 1 fully saturated rings. The van der Waals surface area contributed by atoms with Gasteiger partial charge >= 0.3 is 0 Å². The molecule has 0 unspecified atom stereocenters. The van der Waals surface area contributed by atoms with E-state index >= 15 is 0 Å². The number of nitrogens with zero attached hydrogens (tertiary/aromatic N) is 3. The van der Waals surface area contributed by atoms with E-state index in [2.05, 4.69) is 16.0 Å². The second-order valence-corrected chi connectivity index (χ2v) is 14.1. The zero-order chi connectivity index (χ0) is 40.1. The molecule has 3 aliphatic heterocycles. The Morgan fingerprint density at radius 1 is 0.655 bits per heavy atom. The van der Waals surface area contributed by atoms with E-state index in [-0.39, 0.29) is 30.8 Å². The molecule has 0 radical (unpaired) electrons.